The van der Waals surface area contributed by atoms with E-state index < -0.39 is 49.8 Å². The summed E-state index contributed by atoms with van der Waals surface area (Å²) in [6, 6.07) is 0. The van der Waals surface area contributed by atoms with Crippen LogP contribution in [0.2, 0.25) is 0 Å². The Kier molecular flexibility index (Phi) is 98.9. The number of ether oxygens (including phenoxy) is 3. The fourth-order valence-electron chi connectivity index (χ4n) is 4.03. The molecule has 0 fully saturated rings. The van der Waals surface area contributed by atoms with Crippen LogP contribution >= 0.6 is 57.4 Å². The molecule has 0 aliphatic rings. The SMILES string of the molecule is CC(=O)S.CC(C)COC(=O)Cl.CCCCCO.CCCCCOS(C)(=O)=O.CCCCCS(=O)(=O)Cl.CCCCCS(=O)(=O)n1ccnc1.CCCCCSC(C)=O.CCCCO.CCCCOC(=O)OCC(C)C.CS(=O)(=O)Cl.[Cs]. The first-order valence-corrected chi connectivity index (χ1v) is 37.9. The maximum Gasteiger partial charge on any atom is 0.508 e. The molecule has 0 saturated heterocycles. The Labute approximate surface area is 581 Å². The molecule has 0 amide bonds. The van der Waals surface area contributed by atoms with Crippen molar-refractivity contribution in [3.63, 3.8) is 0 Å². The Bertz CT molecular complexity index is 1940. The molecule has 0 aliphatic carbocycles. The zero-order valence-electron chi connectivity index (χ0n) is 52.6. The van der Waals surface area contributed by atoms with Crippen molar-refractivity contribution in [2.45, 2.75) is 212 Å². The van der Waals surface area contributed by atoms with Crippen LogP contribution in [0.1, 0.15) is 212 Å². The molecular formula is C52H109Cl3CsN2O18S6. The van der Waals surface area contributed by atoms with Crippen LogP contribution in [0.3, 0.4) is 0 Å². The number of thiol groups is 1. The minimum absolute atomic E-state index is 0. The van der Waals surface area contributed by atoms with Crippen LogP contribution in [0.25, 0.3) is 0 Å². The van der Waals surface area contributed by atoms with Crippen LogP contribution in [0, 0.1) is 11.8 Å². The van der Waals surface area contributed by atoms with E-state index in [0.717, 1.165) is 108 Å². The number of aliphatic hydroxyl groups excluding tert-OH is 2. The Morgan fingerprint density at radius 3 is 1.29 bits per heavy atom. The summed E-state index contributed by atoms with van der Waals surface area (Å²) in [6.45, 7) is 27.7. The van der Waals surface area contributed by atoms with Crippen molar-refractivity contribution in [3.05, 3.63) is 18.7 Å². The molecule has 0 bridgehead atoms. The number of aliphatic hydroxyl groups is 2. The van der Waals surface area contributed by atoms with Crippen LogP contribution in [0.15, 0.2) is 18.7 Å². The van der Waals surface area contributed by atoms with Gasteiger partial charge < -0.3 is 24.4 Å². The third-order valence-corrected chi connectivity index (χ3v) is 12.5. The fourth-order valence-corrected chi connectivity index (χ4v) is 7.25. The molecule has 82 heavy (non-hydrogen) atoms. The second kappa shape index (κ2) is 77.7. The van der Waals surface area contributed by atoms with Gasteiger partial charge in [0.1, 0.15) is 6.33 Å². The standard InChI is InChI=1S/C9H18O3.C8H14N2O2S.C7H14OS.C6H14O3S.C5H11ClO2S.C5H9ClO2.C5H12O.C4H10O.C2H4OS.CH3ClO2S.Cs/c1-4-5-6-11-9(10)12-7-8(2)3;1-2-3-4-7-13(11,12)10-6-5-9-8-10;1-3-4-5-6-9-7(2)8;1-3-4-5-6-9-10(2,7)8;1-2-3-4-5-9(6,7)8;1-4(2)3-8-5(6)7;1-2-3-4-5-6;1-2-3-4-5;1-2(3)4;1-5(2,3)4;/h8H,4-7H2,1-3H3;5-6,8H,2-4,7H2,1H3;3-6H2,1-2H3;3-6H2,1-2H3;2-5H2,1H3;4H,3H2,1-2H3;6H,2-5H2,1H3;5H,2-4H2,1H3;1H3,(H,3,4);1H3;. The number of nitrogens with zero attached hydrogens (tertiary/aromatic N) is 2. The molecule has 0 spiro atoms. The number of hydrogen-bond donors (Lipinski definition) is 3. The van der Waals surface area contributed by atoms with E-state index in [0.29, 0.717) is 57.9 Å². The van der Waals surface area contributed by atoms with Gasteiger partial charge in [0.25, 0.3) is 10.1 Å². The van der Waals surface area contributed by atoms with E-state index in [-0.39, 0.29) is 90.6 Å². The van der Waals surface area contributed by atoms with Crippen LogP contribution in [-0.2, 0) is 66.2 Å². The number of halogens is 3. The predicted octanol–water partition coefficient (Wildman–Crippen LogP) is 13.4. The molecule has 0 unspecified atom stereocenters. The third kappa shape index (κ3) is 149. The van der Waals surface area contributed by atoms with E-state index in [9.17, 15) is 52.8 Å². The van der Waals surface area contributed by atoms with Gasteiger partial charge in [-0.2, -0.15) is 8.42 Å². The summed E-state index contributed by atoms with van der Waals surface area (Å²) in [6.07, 6.45) is 24.9. The van der Waals surface area contributed by atoms with Crippen LogP contribution < -0.4 is 0 Å². The maximum atomic E-state index is 11.5. The molecule has 1 aromatic heterocycles. The van der Waals surface area contributed by atoms with Gasteiger partial charge in [0.15, 0.2) is 10.2 Å². The van der Waals surface area contributed by atoms with Crippen LogP contribution in [-0.4, -0.2) is 213 Å². The molecular weight excluding hydrogens is 1370 g/mol. The summed E-state index contributed by atoms with van der Waals surface area (Å²) in [7, 11) is -3.31. The summed E-state index contributed by atoms with van der Waals surface area (Å²) in [5.41, 5.74) is -0.723. The van der Waals surface area contributed by atoms with Gasteiger partial charge in [0, 0.05) is 147 Å². The predicted molar refractivity (Wildman–Crippen MR) is 347 cm³/mol. The first kappa shape index (κ1) is 104. The van der Waals surface area contributed by atoms with Crippen LogP contribution in [0.5, 0.6) is 0 Å². The molecule has 1 aromatic rings. The second-order valence-electron chi connectivity index (χ2n) is 18.0. The molecule has 30 heteroatoms. The minimum Gasteiger partial charge on any atom is -0.453 e. The monoisotopic (exact) mass is 1480 g/mol. The van der Waals surface area contributed by atoms with Crippen LogP contribution in [0.4, 0.5) is 9.59 Å². The first-order valence-electron chi connectivity index (χ1n) is 27.4. The number of thioether (sulfide) groups is 1. The molecule has 0 aliphatic heterocycles. The van der Waals surface area contributed by atoms with E-state index in [4.69, 9.17) is 42.0 Å². The van der Waals surface area contributed by atoms with Crippen molar-refractivity contribution in [2.24, 2.45) is 11.8 Å². The maximum absolute atomic E-state index is 11.5. The Morgan fingerprint density at radius 1 is 0.598 bits per heavy atom. The van der Waals surface area contributed by atoms with E-state index in [1.54, 1.807) is 6.92 Å². The number of aromatic nitrogens is 2. The van der Waals surface area contributed by atoms with Crippen molar-refractivity contribution < 1.29 is 81.5 Å². The van der Waals surface area contributed by atoms with Gasteiger partial charge in [-0.15, -0.1) is 12.6 Å². The number of hydrogen-bond acceptors (Lipinski definition) is 20. The molecule has 0 atom stereocenters. The molecule has 1 rings (SSSR count). The van der Waals surface area contributed by atoms with Gasteiger partial charge >= 0.3 is 11.6 Å². The van der Waals surface area contributed by atoms with Gasteiger partial charge in [-0.3, -0.25) is 13.8 Å². The summed E-state index contributed by atoms with van der Waals surface area (Å²) in [5.74, 6) is 2.05. The van der Waals surface area contributed by atoms with Gasteiger partial charge in [-0.25, -0.2) is 43.8 Å². The molecule has 1 heterocycles. The van der Waals surface area contributed by atoms with Crippen molar-refractivity contribution in [2.75, 3.05) is 69.4 Å². The first-order chi connectivity index (χ1) is 37.4. The van der Waals surface area contributed by atoms with E-state index >= 15 is 0 Å². The number of imidazole rings is 1. The molecule has 0 aromatic carbocycles. The summed E-state index contributed by atoms with van der Waals surface area (Å²) < 4.78 is 103. The molecule has 493 valence electrons. The Morgan fingerprint density at radius 2 is 0.988 bits per heavy atom. The average Bonchev–Trinajstić information content (AvgIpc) is 3.90. The number of unbranched alkanes of at least 4 members (excludes halogenated alkanes) is 12. The number of carbonyl (C=O) groups is 4. The summed E-state index contributed by atoms with van der Waals surface area (Å²) in [4.78, 5) is 44.0. The topological polar surface area (TPSA) is 300 Å². The minimum atomic E-state index is -3.22. The molecule has 20 nitrogen and oxygen atoms in total. The number of rotatable bonds is 30. The second-order valence-corrected chi connectivity index (χ2v) is 29.7. The van der Waals surface area contributed by atoms with E-state index in [1.807, 2.05) is 48.5 Å². The fraction of sp³-hybridized carbons (Fsp3) is 0.865. The van der Waals surface area contributed by atoms with Crippen molar-refractivity contribution in [3.8, 4) is 0 Å². The van der Waals surface area contributed by atoms with Gasteiger partial charge in [-0.05, 0) is 56.8 Å². The molecule has 1 radical (unpaired) electrons. The molecule has 0 saturated carbocycles. The summed E-state index contributed by atoms with van der Waals surface area (Å²) in [5, 5.41) is 16.4. The Balaban J connectivity index is -0.0000000893. The van der Waals surface area contributed by atoms with Gasteiger partial charge in [0.05, 0.1) is 50.4 Å². The third-order valence-electron chi connectivity index (χ3n) is 7.95. The van der Waals surface area contributed by atoms with Crippen molar-refractivity contribution in [1.82, 2.24) is 8.96 Å². The largest absolute Gasteiger partial charge is 0.508 e. The number of carbonyl (C=O) groups excluding carboxylic acids is 4. The van der Waals surface area contributed by atoms with Crippen molar-refractivity contribution >= 4 is 186 Å². The quantitative estimate of drug-likeness (QED) is 0.0212. The van der Waals surface area contributed by atoms with E-state index in [1.165, 1.54) is 67.1 Å². The van der Waals surface area contributed by atoms with Crippen molar-refractivity contribution in [1.29, 1.82) is 0 Å². The van der Waals surface area contributed by atoms with Gasteiger partial charge in [0.2, 0.25) is 28.1 Å². The normalized spacial score (nSPS) is 10.2. The summed E-state index contributed by atoms with van der Waals surface area (Å²) >= 11 is 9.62. The zero-order valence-corrected chi connectivity index (χ0v) is 66.2. The molecule has 2 N–H and O–H groups in total. The van der Waals surface area contributed by atoms with E-state index in [2.05, 4.69) is 64.9 Å². The zero-order chi connectivity index (χ0) is 65.2. The average molecular weight is 1480 g/mol. The smallest absolute Gasteiger partial charge is 0.453 e. The van der Waals surface area contributed by atoms with Gasteiger partial charge in [-0.1, -0.05) is 165 Å². The Hall–Kier alpha value is 0.592.